The fraction of sp³-hybridized carbons (Fsp3) is 0.909. The second-order valence-corrected chi connectivity index (χ2v) is 30.5. The van der Waals surface area contributed by atoms with Crippen molar-refractivity contribution in [2.45, 2.75) is 285 Å². The van der Waals surface area contributed by atoms with E-state index in [0.29, 0.717) is 67.1 Å². The molecule has 0 radical (unpaired) electrons. The minimum Gasteiger partial charge on any atom is -0.375 e. The molecular weight excluding hydrogens is 979 g/mol. The van der Waals surface area contributed by atoms with Crippen LogP contribution >= 0.6 is 0 Å². The molecule has 16 atom stereocenters. The maximum absolute atomic E-state index is 14.7. The highest BCUT2D eigenvalue weighted by Gasteiger charge is 2.61. The zero-order valence-corrected chi connectivity index (χ0v) is 50.0. The van der Waals surface area contributed by atoms with E-state index in [1.54, 1.807) is 14.7 Å². The maximum Gasteiger partial charge on any atom is 0.233 e. The van der Waals surface area contributed by atoms with Crippen molar-refractivity contribution in [2.24, 2.45) is 93.7 Å². The van der Waals surface area contributed by atoms with Gasteiger partial charge in [-0.25, -0.2) is 0 Å². The Morgan fingerprint density at radius 3 is 0.949 bits per heavy atom. The van der Waals surface area contributed by atoms with Crippen LogP contribution in [0.2, 0.25) is 0 Å². The van der Waals surface area contributed by atoms with E-state index in [-0.39, 0.29) is 149 Å². The molecule has 436 valence electrons. The predicted octanol–water partition coefficient (Wildman–Crippen LogP) is 12.1. The molecule has 0 aromatic rings. The molecule has 8 aliphatic carbocycles. The minimum atomic E-state index is -0.380. The normalized spacial score (nSPS) is 45.9. The van der Waals surface area contributed by atoms with Crippen molar-refractivity contribution in [3.63, 3.8) is 0 Å². The van der Waals surface area contributed by atoms with Crippen LogP contribution in [0, 0.1) is 93.7 Å². The van der Waals surface area contributed by atoms with Gasteiger partial charge in [-0.15, -0.1) is 0 Å². The van der Waals surface area contributed by atoms with Gasteiger partial charge in [-0.2, -0.15) is 0 Å². The highest BCUT2D eigenvalue weighted by Crippen LogP contribution is 2.53. The van der Waals surface area contributed by atoms with E-state index in [2.05, 4.69) is 69.2 Å². The largest absolute Gasteiger partial charge is 0.375 e. The van der Waals surface area contributed by atoms with E-state index >= 15 is 0 Å². The summed E-state index contributed by atoms with van der Waals surface area (Å²) in [5, 5.41) is 0. The van der Waals surface area contributed by atoms with E-state index in [1.165, 1.54) is 19.3 Å². The van der Waals surface area contributed by atoms with Crippen molar-refractivity contribution in [3.8, 4) is 0 Å². The summed E-state index contributed by atoms with van der Waals surface area (Å²) in [6, 6.07) is -0.662. The summed E-state index contributed by atoms with van der Waals surface area (Å²) < 4.78 is 20.5. The lowest BCUT2D eigenvalue weighted by Gasteiger charge is -2.49. The van der Waals surface area contributed by atoms with Gasteiger partial charge in [-0.05, 0) is 212 Å². The Bertz CT molecular complexity index is 2220. The van der Waals surface area contributed by atoms with Gasteiger partial charge in [0, 0.05) is 18.1 Å². The molecule has 11 fully saturated rings. The Morgan fingerprint density at radius 2 is 0.615 bits per heavy atom. The average Bonchev–Trinajstić information content (AvgIpc) is 4.15. The number of carbonyl (C=O) groups is 6. The lowest BCUT2D eigenvalue weighted by molar-refractivity contribution is -0.154. The molecule has 0 spiro atoms. The van der Waals surface area contributed by atoms with Crippen molar-refractivity contribution in [1.29, 1.82) is 0 Å². The number of rotatable bonds is 11. The monoisotopic (exact) mass is 1080 g/mol. The molecule has 0 aromatic heterocycles. The highest BCUT2D eigenvalue weighted by atomic mass is 16.5. The number of fused-ring (bicyclic) bond motifs is 3. The Labute approximate surface area is 469 Å². The fourth-order valence-corrected chi connectivity index (χ4v) is 20.1. The van der Waals surface area contributed by atoms with E-state index in [0.717, 1.165) is 109 Å². The Balaban J connectivity index is 0.637. The van der Waals surface area contributed by atoms with Crippen molar-refractivity contribution in [2.75, 3.05) is 0 Å². The summed E-state index contributed by atoms with van der Waals surface area (Å²) in [6.45, 7) is 22.9. The molecule has 16 unspecified atom stereocenters. The SMILES string of the molecule is CC1CCCC(C)C1N1C(=O)C2CCC(OC3CCC(C(C)(C)C4CCC(OC5CCC6C(=O)N(C7C(C)CC(C)C(N8C(=O)C9CCC(OC%10CCC(C(C)(C)C)CC%10)CC9C8=O)C7C)C(=O)C6C5)CC4)CC3)CC2C1=O. The standard InChI is InChI=1S/C66H103N3O9/c1-36-12-11-13-37(2)56(36)67-59(70)50-29-26-47(33-53(50)62(67)73)77-45-22-16-42(17-23-45)66(9,10)43-18-24-46(25-19-43)78-49-28-31-52-55(35-49)64(75)69(61(52)72)58-39(4)32-38(3)57(40(58)5)68-60(71)51-30-27-48(34-54(51)63(68)74)76-44-20-14-41(15-21-44)65(6,7)8/h36-58H,11-35H2,1-10H3. The summed E-state index contributed by atoms with van der Waals surface area (Å²) in [5.41, 5.74) is 0.516. The van der Waals surface area contributed by atoms with Gasteiger partial charge in [0.05, 0.1) is 72.1 Å². The third-order valence-corrected chi connectivity index (χ3v) is 24.6. The molecule has 0 aromatic carbocycles. The van der Waals surface area contributed by atoms with Gasteiger partial charge in [0.25, 0.3) is 0 Å². The molecule has 12 heteroatoms. The lowest BCUT2D eigenvalue weighted by atomic mass is 9.60. The summed E-state index contributed by atoms with van der Waals surface area (Å²) in [7, 11) is 0. The highest BCUT2D eigenvalue weighted by molar-refractivity contribution is 6.07. The summed E-state index contributed by atoms with van der Waals surface area (Å²) in [4.78, 5) is 90.7. The average molecular weight is 1080 g/mol. The molecule has 3 saturated heterocycles. The van der Waals surface area contributed by atoms with Crippen LogP contribution in [0.4, 0.5) is 0 Å². The second kappa shape index (κ2) is 22.5. The minimum absolute atomic E-state index is 0.000256. The zero-order chi connectivity index (χ0) is 55.3. The quantitative estimate of drug-likeness (QED) is 0.185. The van der Waals surface area contributed by atoms with Crippen LogP contribution in [0.15, 0.2) is 0 Å². The van der Waals surface area contributed by atoms with Gasteiger partial charge >= 0.3 is 0 Å². The van der Waals surface area contributed by atoms with Crippen LogP contribution in [0.5, 0.6) is 0 Å². The molecule has 0 bridgehead atoms. The van der Waals surface area contributed by atoms with Crippen molar-refractivity contribution < 1.29 is 43.0 Å². The Morgan fingerprint density at radius 1 is 0.321 bits per heavy atom. The third-order valence-electron chi connectivity index (χ3n) is 24.6. The van der Waals surface area contributed by atoms with Crippen LogP contribution in [-0.2, 0) is 43.0 Å². The number of ether oxygens (including phenoxy) is 3. The van der Waals surface area contributed by atoms with Gasteiger partial charge in [0.15, 0.2) is 0 Å². The number of hydrogen-bond donors (Lipinski definition) is 0. The lowest BCUT2D eigenvalue weighted by Crippen LogP contribution is -2.60. The summed E-state index contributed by atoms with van der Waals surface area (Å²) in [6.07, 6.45) is 24.4. The van der Waals surface area contributed by atoms with Crippen LogP contribution in [0.1, 0.15) is 230 Å². The van der Waals surface area contributed by atoms with Gasteiger partial charge in [-0.1, -0.05) is 75.7 Å². The predicted molar refractivity (Wildman–Crippen MR) is 299 cm³/mol. The van der Waals surface area contributed by atoms with Gasteiger partial charge in [-0.3, -0.25) is 43.5 Å². The molecular formula is C66H103N3O9. The number of nitrogens with zero attached hydrogens (tertiary/aromatic N) is 3. The first-order chi connectivity index (χ1) is 37.1. The Hall–Kier alpha value is -2.70. The zero-order valence-electron chi connectivity index (χ0n) is 50.0. The molecule has 3 heterocycles. The number of hydrogen-bond acceptors (Lipinski definition) is 9. The first kappa shape index (κ1) is 57.1. The van der Waals surface area contributed by atoms with Crippen LogP contribution < -0.4 is 0 Å². The first-order valence-corrected chi connectivity index (χ1v) is 32.7. The summed E-state index contributed by atoms with van der Waals surface area (Å²) >= 11 is 0. The molecule has 6 amide bonds. The van der Waals surface area contributed by atoms with Crippen LogP contribution in [0.3, 0.4) is 0 Å². The van der Waals surface area contributed by atoms with E-state index in [9.17, 15) is 28.8 Å². The maximum atomic E-state index is 14.7. The molecule has 8 saturated carbocycles. The van der Waals surface area contributed by atoms with Crippen LogP contribution in [0.25, 0.3) is 0 Å². The number of carbonyl (C=O) groups excluding carboxylic acids is 6. The smallest absolute Gasteiger partial charge is 0.233 e. The third kappa shape index (κ3) is 10.6. The molecule has 78 heavy (non-hydrogen) atoms. The molecule has 0 N–H and O–H groups in total. The molecule has 11 aliphatic rings. The first-order valence-electron chi connectivity index (χ1n) is 32.7. The van der Waals surface area contributed by atoms with Gasteiger partial charge in [0.2, 0.25) is 35.4 Å². The molecule has 12 nitrogen and oxygen atoms in total. The number of likely N-dealkylation sites (tertiary alicyclic amines) is 3. The van der Waals surface area contributed by atoms with Gasteiger partial charge in [0.1, 0.15) is 0 Å². The fourth-order valence-electron chi connectivity index (χ4n) is 20.1. The second-order valence-electron chi connectivity index (χ2n) is 30.5. The van der Waals surface area contributed by atoms with Gasteiger partial charge < -0.3 is 14.2 Å². The van der Waals surface area contributed by atoms with Crippen LogP contribution in [-0.4, -0.2) is 105 Å². The van der Waals surface area contributed by atoms with E-state index < -0.39 is 0 Å². The van der Waals surface area contributed by atoms with E-state index in [4.69, 9.17) is 14.2 Å². The number of amides is 6. The van der Waals surface area contributed by atoms with Crippen molar-refractivity contribution >= 4 is 35.4 Å². The summed E-state index contributed by atoms with van der Waals surface area (Å²) in [5.74, 6) is 0.821. The van der Waals surface area contributed by atoms with Crippen molar-refractivity contribution in [3.05, 3.63) is 0 Å². The topological polar surface area (TPSA) is 140 Å². The Kier molecular flexibility index (Phi) is 16.5. The molecule has 3 aliphatic heterocycles. The van der Waals surface area contributed by atoms with E-state index in [1.807, 2.05) is 0 Å². The molecule has 11 rings (SSSR count). The van der Waals surface area contributed by atoms with Crippen molar-refractivity contribution in [1.82, 2.24) is 14.7 Å². The number of imide groups is 3.